The Morgan fingerprint density at radius 3 is 2.73 bits per heavy atom. The molecule has 4 heterocycles. The maximum absolute atomic E-state index is 12.4. The fourth-order valence-electron chi connectivity index (χ4n) is 4.62. The van der Waals surface area contributed by atoms with Crippen molar-refractivity contribution >= 4 is 45.7 Å². The van der Waals surface area contributed by atoms with E-state index in [0.717, 1.165) is 54.8 Å². The minimum absolute atomic E-state index is 0.237. The molecule has 1 saturated heterocycles. The Morgan fingerprint density at radius 2 is 2.00 bits per heavy atom. The number of ketones is 1. The van der Waals surface area contributed by atoms with Gasteiger partial charge in [0.25, 0.3) is 0 Å². The number of fused-ring (bicyclic) bond motifs is 1. The smallest absolute Gasteiger partial charge is 0.226 e. The van der Waals surface area contributed by atoms with Gasteiger partial charge in [0.05, 0.1) is 11.2 Å². The van der Waals surface area contributed by atoms with Crippen LogP contribution >= 0.6 is 22.9 Å². The topological polar surface area (TPSA) is 75.9 Å². The zero-order valence-corrected chi connectivity index (χ0v) is 18.3. The quantitative estimate of drug-likeness (QED) is 0.427. The summed E-state index contributed by atoms with van der Waals surface area (Å²) < 4.78 is 2.16. The Labute approximate surface area is 184 Å². The Morgan fingerprint density at radius 1 is 1.20 bits per heavy atom. The predicted octanol–water partition coefficient (Wildman–Crippen LogP) is 4.97. The van der Waals surface area contributed by atoms with Crippen LogP contribution in [0.4, 0.5) is 5.82 Å². The minimum atomic E-state index is 0.237. The summed E-state index contributed by atoms with van der Waals surface area (Å²) >= 11 is 7.78. The van der Waals surface area contributed by atoms with Gasteiger partial charge >= 0.3 is 0 Å². The van der Waals surface area contributed by atoms with E-state index in [1.165, 1.54) is 24.2 Å². The molecule has 5 rings (SSSR count). The highest BCUT2D eigenvalue weighted by Gasteiger charge is 2.25. The first-order valence-electron chi connectivity index (χ1n) is 10.7. The first-order chi connectivity index (χ1) is 14.7. The number of halogens is 1. The van der Waals surface area contributed by atoms with Gasteiger partial charge in [0.2, 0.25) is 5.28 Å². The number of hydrogen-bond acceptors (Lipinski definition) is 7. The van der Waals surface area contributed by atoms with Crippen molar-refractivity contribution in [3.63, 3.8) is 0 Å². The third-order valence-corrected chi connectivity index (χ3v) is 7.34. The molecule has 0 spiro atoms. The molecule has 30 heavy (non-hydrogen) atoms. The standard InChI is InChI=1S/C21H25ClN6OS/c22-21-24-19(18-20(25-21)28(13-23-18)15-4-1-2-5-15)26-27-9-7-14(8-10-27)12-16(29)17-6-3-11-30-17/h3,6,11,13-15H,1-2,4-5,7-10,12H2,(H,24,25,26). The molecule has 0 unspecified atom stereocenters. The van der Waals surface area contributed by atoms with Gasteiger partial charge in [0, 0.05) is 25.6 Å². The lowest BCUT2D eigenvalue weighted by atomic mass is 9.92. The number of thiophene rings is 1. The van der Waals surface area contributed by atoms with Gasteiger partial charge in [-0.15, -0.1) is 11.3 Å². The number of nitrogens with one attached hydrogen (secondary N) is 1. The third-order valence-electron chi connectivity index (χ3n) is 6.26. The van der Waals surface area contributed by atoms with Crippen LogP contribution in [0.25, 0.3) is 11.2 Å². The first-order valence-corrected chi connectivity index (χ1v) is 11.9. The monoisotopic (exact) mass is 444 g/mol. The van der Waals surface area contributed by atoms with E-state index >= 15 is 0 Å². The van der Waals surface area contributed by atoms with Crippen molar-refractivity contribution in [1.29, 1.82) is 0 Å². The first kappa shape index (κ1) is 19.9. The fourth-order valence-corrected chi connectivity index (χ4v) is 5.46. The molecule has 7 nitrogen and oxygen atoms in total. The molecule has 0 radical (unpaired) electrons. The van der Waals surface area contributed by atoms with Gasteiger partial charge in [-0.25, -0.2) is 9.99 Å². The fraction of sp³-hybridized carbons (Fsp3) is 0.524. The van der Waals surface area contributed by atoms with Crippen molar-refractivity contribution in [2.24, 2.45) is 5.92 Å². The Balaban J connectivity index is 1.25. The van der Waals surface area contributed by atoms with Gasteiger partial charge in [-0.2, -0.15) is 9.97 Å². The van der Waals surface area contributed by atoms with Crippen molar-refractivity contribution in [3.8, 4) is 0 Å². The van der Waals surface area contributed by atoms with Crippen molar-refractivity contribution in [2.75, 3.05) is 18.5 Å². The summed E-state index contributed by atoms with van der Waals surface area (Å²) in [6, 6.07) is 4.30. The lowest BCUT2D eigenvalue weighted by Crippen LogP contribution is -2.38. The second-order valence-electron chi connectivity index (χ2n) is 8.25. The average molecular weight is 445 g/mol. The van der Waals surface area contributed by atoms with E-state index in [4.69, 9.17) is 11.6 Å². The molecule has 158 valence electrons. The van der Waals surface area contributed by atoms with E-state index in [1.807, 2.05) is 23.8 Å². The van der Waals surface area contributed by atoms with Crippen molar-refractivity contribution in [2.45, 2.75) is 51.0 Å². The maximum Gasteiger partial charge on any atom is 0.226 e. The number of anilines is 1. The van der Waals surface area contributed by atoms with Gasteiger partial charge in [-0.05, 0) is 54.6 Å². The summed E-state index contributed by atoms with van der Waals surface area (Å²) in [5.41, 5.74) is 4.98. The van der Waals surface area contributed by atoms with Crippen LogP contribution in [0.5, 0.6) is 0 Å². The van der Waals surface area contributed by atoms with Gasteiger partial charge in [0.15, 0.2) is 22.8 Å². The van der Waals surface area contributed by atoms with Gasteiger partial charge in [-0.3, -0.25) is 4.79 Å². The number of aromatic nitrogens is 4. The lowest BCUT2D eigenvalue weighted by Gasteiger charge is -2.32. The molecule has 1 aliphatic heterocycles. The van der Waals surface area contributed by atoms with Crippen LogP contribution < -0.4 is 5.43 Å². The molecule has 1 N–H and O–H groups in total. The van der Waals surface area contributed by atoms with E-state index in [-0.39, 0.29) is 11.1 Å². The highest BCUT2D eigenvalue weighted by atomic mass is 35.5. The van der Waals surface area contributed by atoms with Crippen LogP contribution in [0.3, 0.4) is 0 Å². The Kier molecular flexibility index (Phi) is 5.71. The predicted molar refractivity (Wildman–Crippen MR) is 119 cm³/mol. The number of carbonyl (C=O) groups is 1. The van der Waals surface area contributed by atoms with Crippen molar-refractivity contribution in [1.82, 2.24) is 24.5 Å². The van der Waals surface area contributed by atoms with Gasteiger partial charge in [-0.1, -0.05) is 18.9 Å². The van der Waals surface area contributed by atoms with E-state index in [9.17, 15) is 4.79 Å². The SMILES string of the molecule is O=C(CC1CCN(Nc2nc(Cl)nc3c2ncn3C2CCCC2)CC1)c1cccs1. The average Bonchev–Trinajstić information content (AvgIpc) is 3.50. The molecule has 0 amide bonds. The van der Waals surface area contributed by atoms with Crippen molar-refractivity contribution < 1.29 is 4.79 Å². The van der Waals surface area contributed by atoms with Crippen LogP contribution in [0.15, 0.2) is 23.8 Å². The van der Waals surface area contributed by atoms with Crippen LogP contribution in [0.1, 0.15) is 60.7 Å². The van der Waals surface area contributed by atoms with Gasteiger partial charge < -0.3 is 9.99 Å². The highest BCUT2D eigenvalue weighted by Crippen LogP contribution is 2.33. The molecule has 2 fully saturated rings. The Bertz CT molecular complexity index is 1020. The molecule has 3 aromatic heterocycles. The molecule has 3 aromatic rings. The number of piperidine rings is 1. The zero-order valence-electron chi connectivity index (χ0n) is 16.8. The minimum Gasteiger partial charge on any atom is -0.312 e. The number of hydrazine groups is 1. The van der Waals surface area contributed by atoms with Crippen molar-refractivity contribution in [3.05, 3.63) is 34.0 Å². The second kappa shape index (κ2) is 8.61. The van der Waals surface area contributed by atoms with Crippen LogP contribution in [0.2, 0.25) is 5.28 Å². The van der Waals surface area contributed by atoms with E-state index < -0.39 is 0 Å². The van der Waals surface area contributed by atoms with E-state index in [1.54, 1.807) is 0 Å². The summed E-state index contributed by atoms with van der Waals surface area (Å²) in [5, 5.41) is 4.35. The van der Waals surface area contributed by atoms with Gasteiger partial charge in [0.1, 0.15) is 0 Å². The Hall–Kier alpha value is -2.03. The molecule has 1 saturated carbocycles. The largest absolute Gasteiger partial charge is 0.312 e. The summed E-state index contributed by atoms with van der Waals surface area (Å²) in [5.74, 6) is 1.35. The summed E-state index contributed by atoms with van der Waals surface area (Å²) in [6.07, 6.45) is 9.27. The molecule has 2 aliphatic rings. The van der Waals surface area contributed by atoms with Crippen LogP contribution in [0, 0.1) is 5.92 Å². The summed E-state index contributed by atoms with van der Waals surface area (Å²) in [4.78, 5) is 26.7. The number of hydrogen-bond donors (Lipinski definition) is 1. The maximum atomic E-state index is 12.4. The second-order valence-corrected chi connectivity index (χ2v) is 9.54. The highest BCUT2D eigenvalue weighted by molar-refractivity contribution is 7.12. The molecule has 0 atom stereocenters. The molecule has 9 heteroatoms. The number of imidazole rings is 1. The van der Waals surface area contributed by atoms with Crippen LogP contribution in [-0.4, -0.2) is 43.4 Å². The summed E-state index contributed by atoms with van der Waals surface area (Å²) in [7, 11) is 0. The van der Waals surface area contributed by atoms with E-state index in [0.29, 0.717) is 24.2 Å². The molecular formula is C21H25ClN6OS. The van der Waals surface area contributed by atoms with Crippen LogP contribution in [-0.2, 0) is 0 Å². The normalized spacial score (nSPS) is 19.0. The number of carbonyl (C=O) groups excluding carboxylic acids is 1. The molecule has 1 aliphatic carbocycles. The molecule has 0 aromatic carbocycles. The summed E-state index contributed by atoms with van der Waals surface area (Å²) in [6.45, 7) is 1.71. The zero-order chi connectivity index (χ0) is 20.5. The molecule has 0 bridgehead atoms. The number of Topliss-reactive ketones (excluding diaryl/α,β-unsaturated/α-hetero) is 1. The lowest BCUT2D eigenvalue weighted by molar-refractivity contribution is 0.0940. The number of nitrogens with zero attached hydrogens (tertiary/aromatic N) is 5. The third kappa shape index (κ3) is 4.08. The number of rotatable bonds is 6. The van der Waals surface area contributed by atoms with E-state index in [2.05, 4.69) is 30.0 Å². The molecular weight excluding hydrogens is 420 g/mol.